The fourth-order valence-corrected chi connectivity index (χ4v) is 2.70. The molecule has 0 fully saturated rings. The highest BCUT2D eigenvalue weighted by Crippen LogP contribution is 2.28. The number of H-pyrrole nitrogens is 1. The monoisotopic (exact) mass is 294 g/mol. The van der Waals surface area contributed by atoms with Crippen LogP contribution in [0.4, 0.5) is 0 Å². The molecule has 2 aromatic rings. The summed E-state index contributed by atoms with van der Waals surface area (Å²) in [7, 11) is 0. The lowest BCUT2D eigenvalue weighted by atomic mass is 9.99. The maximum absolute atomic E-state index is 11.0. The Morgan fingerprint density at radius 2 is 2.29 bits per heavy atom. The van der Waals surface area contributed by atoms with E-state index in [4.69, 9.17) is 5.11 Å². The van der Waals surface area contributed by atoms with Gasteiger partial charge in [0.25, 0.3) is 0 Å². The van der Waals surface area contributed by atoms with E-state index < -0.39 is 12.0 Å². The summed E-state index contributed by atoms with van der Waals surface area (Å²) in [6.45, 7) is 0.582. The topological polar surface area (TPSA) is 65.1 Å². The summed E-state index contributed by atoms with van der Waals surface area (Å²) >= 11 is 3.43. The van der Waals surface area contributed by atoms with E-state index in [1.165, 1.54) is 0 Å². The number of aromatic amines is 1. The maximum atomic E-state index is 11.0. The van der Waals surface area contributed by atoms with E-state index in [1.807, 2.05) is 18.2 Å². The predicted octanol–water partition coefficient (Wildman–Crippen LogP) is 2.03. The number of hydrogen-bond donors (Lipinski definition) is 3. The number of carbonyl (C=O) groups is 1. The smallest absolute Gasteiger partial charge is 0.321 e. The highest BCUT2D eigenvalue weighted by molar-refractivity contribution is 9.10. The summed E-state index contributed by atoms with van der Waals surface area (Å²) in [6.07, 6.45) is 0.534. The number of nitrogens with one attached hydrogen (secondary N) is 2. The summed E-state index contributed by atoms with van der Waals surface area (Å²) in [5.74, 6) is -0.790. The molecule has 1 aliphatic rings. The molecular formula is C12H11BrN2O2. The Morgan fingerprint density at radius 3 is 3.06 bits per heavy atom. The minimum absolute atomic E-state index is 0.481. The second-order valence-corrected chi connectivity index (χ2v) is 5.16. The summed E-state index contributed by atoms with van der Waals surface area (Å²) in [5.41, 5.74) is 3.27. The van der Waals surface area contributed by atoms with Crippen molar-refractivity contribution in [3.63, 3.8) is 0 Å². The van der Waals surface area contributed by atoms with Crippen LogP contribution in [0.5, 0.6) is 0 Å². The summed E-state index contributed by atoms with van der Waals surface area (Å²) in [4.78, 5) is 14.3. The predicted molar refractivity (Wildman–Crippen MR) is 68.0 cm³/mol. The van der Waals surface area contributed by atoms with Crippen molar-refractivity contribution in [3.8, 4) is 0 Å². The van der Waals surface area contributed by atoms with Crippen LogP contribution < -0.4 is 5.32 Å². The molecule has 1 aromatic heterocycles. The minimum Gasteiger partial charge on any atom is -0.480 e. The van der Waals surface area contributed by atoms with Crippen LogP contribution in [0, 0.1) is 0 Å². The van der Waals surface area contributed by atoms with Crippen LogP contribution in [-0.4, -0.2) is 22.1 Å². The van der Waals surface area contributed by atoms with Gasteiger partial charge in [-0.1, -0.05) is 22.0 Å². The van der Waals surface area contributed by atoms with Crippen LogP contribution in [0.2, 0.25) is 0 Å². The molecule has 88 valence electrons. The average Bonchev–Trinajstić information content (AvgIpc) is 2.64. The van der Waals surface area contributed by atoms with Crippen molar-refractivity contribution in [2.75, 3.05) is 0 Å². The molecule has 1 unspecified atom stereocenters. The van der Waals surface area contributed by atoms with E-state index >= 15 is 0 Å². The number of aliphatic carboxylic acids is 1. The Balaban J connectivity index is 2.12. The molecule has 0 radical (unpaired) electrons. The van der Waals surface area contributed by atoms with Gasteiger partial charge in [0, 0.05) is 34.0 Å². The minimum atomic E-state index is -0.790. The summed E-state index contributed by atoms with van der Waals surface area (Å²) in [5, 5.41) is 13.2. The molecule has 3 rings (SSSR count). The highest BCUT2D eigenvalue weighted by atomic mass is 79.9. The number of rotatable bonds is 1. The normalized spacial score (nSPS) is 19.2. The van der Waals surface area contributed by atoms with Gasteiger partial charge in [-0.3, -0.25) is 10.1 Å². The number of carboxylic acid groups (broad SMARTS) is 1. The van der Waals surface area contributed by atoms with Crippen LogP contribution in [0.3, 0.4) is 0 Å². The molecule has 4 nitrogen and oxygen atoms in total. The molecule has 0 saturated heterocycles. The third kappa shape index (κ3) is 1.75. The molecule has 1 aromatic carbocycles. The van der Waals surface area contributed by atoms with Crippen molar-refractivity contribution in [1.29, 1.82) is 0 Å². The Bertz CT molecular complexity index is 606. The summed E-state index contributed by atoms with van der Waals surface area (Å²) < 4.78 is 1.02. The van der Waals surface area contributed by atoms with Crippen LogP contribution >= 0.6 is 15.9 Å². The second kappa shape index (κ2) is 3.85. The van der Waals surface area contributed by atoms with E-state index in [9.17, 15) is 4.79 Å². The third-order valence-corrected chi connectivity index (χ3v) is 3.68. The number of benzene rings is 1. The first kappa shape index (κ1) is 10.8. The molecule has 0 spiro atoms. The lowest BCUT2D eigenvalue weighted by Gasteiger charge is -2.20. The number of carboxylic acids is 1. The van der Waals surface area contributed by atoms with Gasteiger partial charge in [0.05, 0.1) is 0 Å². The van der Waals surface area contributed by atoms with Crippen molar-refractivity contribution in [3.05, 3.63) is 33.9 Å². The lowest BCUT2D eigenvalue weighted by molar-refractivity contribution is -0.139. The molecule has 0 bridgehead atoms. The van der Waals surface area contributed by atoms with Gasteiger partial charge in [-0.15, -0.1) is 0 Å². The van der Waals surface area contributed by atoms with Gasteiger partial charge < -0.3 is 10.1 Å². The Morgan fingerprint density at radius 1 is 1.47 bits per heavy atom. The van der Waals surface area contributed by atoms with Crippen molar-refractivity contribution in [1.82, 2.24) is 10.3 Å². The Hall–Kier alpha value is -1.33. The van der Waals surface area contributed by atoms with E-state index in [0.717, 1.165) is 26.6 Å². The van der Waals surface area contributed by atoms with Gasteiger partial charge in [0.2, 0.25) is 0 Å². The zero-order valence-corrected chi connectivity index (χ0v) is 10.5. The van der Waals surface area contributed by atoms with Gasteiger partial charge in [-0.05, 0) is 17.7 Å². The van der Waals surface area contributed by atoms with E-state index in [1.54, 1.807) is 0 Å². The molecule has 0 amide bonds. The van der Waals surface area contributed by atoms with Gasteiger partial charge in [-0.25, -0.2) is 0 Å². The first-order valence-corrected chi connectivity index (χ1v) is 6.19. The SMILES string of the molecule is O=C(O)C1Cc2c([nH]c3cc(Br)ccc23)CN1. The maximum Gasteiger partial charge on any atom is 0.321 e. The van der Waals surface area contributed by atoms with Gasteiger partial charge in [-0.2, -0.15) is 0 Å². The fraction of sp³-hybridized carbons (Fsp3) is 0.250. The lowest BCUT2D eigenvalue weighted by Crippen LogP contribution is -2.41. The number of fused-ring (bicyclic) bond motifs is 3. The van der Waals surface area contributed by atoms with Gasteiger partial charge in [0.1, 0.15) is 6.04 Å². The standard InChI is InChI=1S/C12H11BrN2O2/c13-6-1-2-7-8-4-10(12(16)17)14-5-11(8)15-9(7)3-6/h1-3,10,14-15H,4-5H2,(H,16,17). The van der Waals surface area contributed by atoms with Crippen molar-refractivity contribution < 1.29 is 9.90 Å². The first-order chi connectivity index (χ1) is 8.15. The van der Waals surface area contributed by atoms with E-state index in [2.05, 4.69) is 26.2 Å². The van der Waals surface area contributed by atoms with Crippen LogP contribution in [0.15, 0.2) is 22.7 Å². The average molecular weight is 295 g/mol. The Kier molecular flexibility index (Phi) is 2.45. The molecule has 1 atom stereocenters. The quantitative estimate of drug-likeness (QED) is 0.754. The largest absolute Gasteiger partial charge is 0.480 e. The molecule has 0 aliphatic carbocycles. The number of aromatic nitrogens is 1. The van der Waals surface area contributed by atoms with E-state index in [-0.39, 0.29) is 0 Å². The van der Waals surface area contributed by atoms with Crippen LogP contribution in [-0.2, 0) is 17.8 Å². The molecule has 0 saturated carbocycles. The van der Waals surface area contributed by atoms with Crippen molar-refractivity contribution in [2.24, 2.45) is 0 Å². The Labute approximate surface area is 106 Å². The molecular weight excluding hydrogens is 284 g/mol. The van der Waals surface area contributed by atoms with Gasteiger partial charge in [0.15, 0.2) is 0 Å². The first-order valence-electron chi connectivity index (χ1n) is 5.40. The van der Waals surface area contributed by atoms with Crippen LogP contribution in [0.1, 0.15) is 11.3 Å². The molecule has 17 heavy (non-hydrogen) atoms. The number of hydrogen-bond acceptors (Lipinski definition) is 2. The van der Waals surface area contributed by atoms with Crippen molar-refractivity contribution in [2.45, 2.75) is 19.0 Å². The molecule has 5 heteroatoms. The molecule has 3 N–H and O–H groups in total. The third-order valence-electron chi connectivity index (χ3n) is 3.19. The van der Waals surface area contributed by atoms with Gasteiger partial charge >= 0.3 is 5.97 Å². The summed E-state index contributed by atoms with van der Waals surface area (Å²) in [6, 6.07) is 5.54. The molecule has 2 heterocycles. The van der Waals surface area contributed by atoms with Crippen molar-refractivity contribution >= 4 is 32.8 Å². The zero-order valence-electron chi connectivity index (χ0n) is 8.96. The second-order valence-electron chi connectivity index (χ2n) is 4.25. The highest BCUT2D eigenvalue weighted by Gasteiger charge is 2.26. The molecule has 1 aliphatic heterocycles. The van der Waals surface area contributed by atoms with Crippen LogP contribution in [0.25, 0.3) is 10.9 Å². The number of halogens is 1. The van der Waals surface area contributed by atoms with E-state index in [0.29, 0.717) is 13.0 Å². The fourth-order valence-electron chi connectivity index (χ4n) is 2.34. The zero-order chi connectivity index (χ0) is 12.0.